The minimum Gasteiger partial charge on any atom is -0.507 e. The summed E-state index contributed by atoms with van der Waals surface area (Å²) in [6.45, 7) is 3.34. The van der Waals surface area contributed by atoms with Gasteiger partial charge in [-0.1, -0.05) is 19.1 Å². The van der Waals surface area contributed by atoms with E-state index < -0.39 is 65.4 Å². The van der Waals surface area contributed by atoms with Crippen LogP contribution in [-0.2, 0) is 19.0 Å². The number of methoxy groups -OCH3 is 2. The van der Waals surface area contributed by atoms with Gasteiger partial charge in [-0.15, -0.1) is 0 Å². The number of hydrogen-bond acceptors (Lipinski definition) is 11. The minimum atomic E-state index is -1.68. The third-order valence-electron chi connectivity index (χ3n) is 8.39. The van der Waals surface area contributed by atoms with Crippen LogP contribution in [-0.4, -0.2) is 77.2 Å². The molecule has 214 valence electrons. The predicted molar refractivity (Wildman–Crippen MR) is 139 cm³/mol. The molecule has 1 aliphatic heterocycles. The van der Waals surface area contributed by atoms with Crippen molar-refractivity contribution in [2.24, 2.45) is 5.73 Å². The molecular formula is C29H33NO10. The molecule has 11 nitrogen and oxygen atoms in total. The van der Waals surface area contributed by atoms with E-state index in [9.17, 15) is 29.7 Å². The molecule has 40 heavy (non-hydrogen) atoms. The number of fused-ring (bicyclic) bond motifs is 3. The molecule has 0 saturated carbocycles. The number of aliphatic hydroxyl groups excluding tert-OH is 1. The monoisotopic (exact) mass is 555 g/mol. The third-order valence-corrected chi connectivity index (χ3v) is 8.39. The van der Waals surface area contributed by atoms with Gasteiger partial charge in [0.05, 0.1) is 49.3 Å². The van der Waals surface area contributed by atoms with Crippen molar-refractivity contribution >= 4 is 17.5 Å². The number of phenols is 1. The highest BCUT2D eigenvalue weighted by molar-refractivity contribution is 6.30. The van der Waals surface area contributed by atoms with E-state index in [1.54, 1.807) is 26.0 Å². The molecule has 2 aliphatic carbocycles. The van der Waals surface area contributed by atoms with Crippen LogP contribution in [0.15, 0.2) is 24.3 Å². The molecule has 0 spiro atoms. The first-order valence-electron chi connectivity index (χ1n) is 13.2. The molecule has 0 radical (unpaired) electrons. The summed E-state index contributed by atoms with van der Waals surface area (Å²) in [7, 11) is 2.55. The zero-order valence-electron chi connectivity index (χ0n) is 22.7. The lowest BCUT2D eigenvalue weighted by atomic mass is 9.67. The van der Waals surface area contributed by atoms with Crippen molar-refractivity contribution in [2.45, 2.75) is 75.3 Å². The summed E-state index contributed by atoms with van der Waals surface area (Å²) in [5.41, 5.74) is 4.34. The van der Waals surface area contributed by atoms with Gasteiger partial charge < -0.3 is 40.0 Å². The van der Waals surface area contributed by atoms with Crippen LogP contribution in [0, 0.1) is 0 Å². The summed E-state index contributed by atoms with van der Waals surface area (Å²) in [6.07, 6.45) is -3.47. The number of ketones is 2. The average molecular weight is 556 g/mol. The quantitative estimate of drug-likeness (QED) is 0.338. The van der Waals surface area contributed by atoms with Crippen molar-refractivity contribution in [1.82, 2.24) is 0 Å². The van der Waals surface area contributed by atoms with E-state index in [0.29, 0.717) is 0 Å². The van der Waals surface area contributed by atoms with Gasteiger partial charge in [-0.25, -0.2) is 0 Å². The van der Waals surface area contributed by atoms with Gasteiger partial charge >= 0.3 is 5.97 Å². The van der Waals surface area contributed by atoms with Crippen molar-refractivity contribution in [3.05, 3.63) is 57.6 Å². The van der Waals surface area contributed by atoms with Gasteiger partial charge in [-0.2, -0.15) is 0 Å². The Kier molecular flexibility index (Phi) is 7.22. The molecule has 7 atom stereocenters. The van der Waals surface area contributed by atoms with Crippen LogP contribution in [0.25, 0.3) is 0 Å². The van der Waals surface area contributed by atoms with Crippen LogP contribution >= 0.6 is 0 Å². The number of aliphatic hydroxyl groups is 2. The van der Waals surface area contributed by atoms with Crippen LogP contribution in [0.4, 0.5) is 0 Å². The molecule has 0 amide bonds. The number of rotatable bonds is 5. The largest absolute Gasteiger partial charge is 0.507 e. The molecule has 5 N–H and O–H groups in total. The van der Waals surface area contributed by atoms with Crippen LogP contribution in [0.2, 0.25) is 0 Å². The standard InChI is InChI=1S/C29H33NO10/c1-5-29(36)11-18(40-19-10-16(30)24(31)12(2)39-19)21-14(23(29)28(35)38-4)9-15-22(27(21)34)26(33)20-13(25(15)32)7-6-8-17(20)37-3/h6-9,12,16,18-19,23-24,31,34,36H,5,10-11,30H2,1-4H3. The van der Waals surface area contributed by atoms with E-state index in [1.807, 2.05) is 0 Å². The number of benzene rings is 2. The minimum absolute atomic E-state index is 0.0185. The Morgan fingerprint density at radius 3 is 2.52 bits per heavy atom. The lowest BCUT2D eigenvalue weighted by Gasteiger charge is -2.45. The summed E-state index contributed by atoms with van der Waals surface area (Å²) in [4.78, 5) is 40.5. The topological polar surface area (TPSA) is 175 Å². The van der Waals surface area contributed by atoms with E-state index in [2.05, 4.69) is 0 Å². The zero-order chi connectivity index (χ0) is 29.1. The SMILES string of the molecule is CCC1(O)CC(OC2CC(N)C(O)C(C)O2)c2c(cc3c(c2O)C(=O)c2c(OC)cccc2C3=O)C1C(=O)OC. The second-order valence-electron chi connectivity index (χ2n) is 10.6. The summed E-state index contributed by atoms with van der Waals surface area (Å²) >= 11 is 0. The Bertz CT molecular complexity index is 1380. The molecule has 11 heteroatoms. The smallest absolute Gasteiger partial charge is 0.316 e. The van der Waals surface area contributed by atoms with E-state index in [4.69, 9.17) is 24.7 Å². The van der Waals surface area contributed by atoms with Gasteiger partial charge in [0, 0.05) is 35.6 Å². The van der Waals surface area contributed by atoms with E-state index in [0.717, 1.165) is 0 Å². The van der Waals surface area contributed by atoms with Crippen molar-refractivity contribution in [2.75, 3.05) is 14.2 Å². The van der Waals surface area contributed by atoms with Gasteiger partial charge in [-0.3, -0.25) is 14.4 Å². The first kappa shape index (κ1) is 28.2. The number of phenolic OH excluding ortho intramolecular Hbond substituents is 1. The molecule has 0 aromatic heterocycles. The van der Waals surface area contributed by atoms with E-state index in [-0.39, 0.29) is 58.4 Å². The molecule has 1 saturated heterocycles. The first-order valence-corrected chi connectivity index (χ1v) is 13.2. The molecule has 7 unspecified atom stereocenters. The zero-order valence-corrected chi connectivity index (χ0v) is 22.7. The van der Waals surface area contributed by atoms with Crippen molar-refractivity contribution < 1.29 is 48.7 Å². The fraction of sp³-hybridized carbons (Fsp3) is 0.483. The Balaban J connectivity index is 1.71. The Morgan fingerprint density at radius 2 is 1.90 bits per heavy atom. The fourth-order valence-corrected chi connectivity index (χ4v) is 6.20. The number of aromatic hydroxyl groups is 1. The highest BCUT2D eigenvalue weighted by Crippen LogP contribution is 2.53. The van der Waals surface area contributed by atoms with Crippen LogP contribution in [0.5, 0.6) is 11.5 Å². The number of ether oxygens (including phenoxy) is 4. The number of carbonyl (C=O) groups excluding carboxylic acids is 3. The second-order valence-corrected chi connectivity index (χ2v) is 10.6. The third kappa shape index (κ3) is 4.20. The van der Waals surface area contributed by atoms with Gasteiger partial charge in [-0.05, 0) is 31.0 Å². The Morgan fingerprint density at radius 1 is 1.18 bits per heavy atom. The van der Waals surface area contributed by atoms with E-state index >= 15 is 0 Å². The number of carbonyl (C=O) groups is 3. The fourth-order valence-electron chi connectivity index (χ4n) is 6.20. The maximum Gasteiger partial charge on any atom is 0.316 e. The number of nitrogens with two attached hydrogens (primary N) is 1. The number of esters is 1. The second kappa shape index (κ2) is 10.2. The molecule has 0 bridgehead atoms. The Hall–Kier alpha value is -3.35. The maximum atomic E-state index is 13.8. The predicted octanol–water partition coefficient (Wildman–Crippen LogP) is 1.86. The summed E-state index contributed by atoms with van der Waals surface area (Å²) in [6, 6.07) is 5.33. The molecule has 2 aromatic carbocycles. The highest BCUT2D eigenvalue weighted by atomic mass is 16.7. The Labute approximate surface area is 230 Å². The molecular weight excluding hydrogens is 522 g/mol. The van der Waals surface area contributed by atoms with E-state index in [1.165, 1.54) is 26.4 Å². The van der Waals surface area contributed by atoms with Crippen LogP contribution < -0.4 is 10.5 Å². The normalized spacial score (nSPS) is 31.2. The van der Waals surface area contributed by atoms with Crippen LogP contribution in [0.3, 0.4) is 0 Å². The first-order chi connectivity index (χ1) is 19.0. The van der Waals surface area contributed by atoms with Crippen molar-refractivity contribution in [3.8, 4) is 11.5 Å². The average Bonchev–Trinajstić information content (AvgIpc) is 2.93. The van der Waals surface area contributed by atoms with Gasteiger partial charge in [0.2, 0.25) is 5.78 Å². The molecule has 3 aliphatic rings. The van der Waals surface area contributed by atoms with Crippen molar-refractivity contribution in [1.29, 1.82) is 0 Å². The molecule has 1 heterocycles. The van der Waals surface area contributed by atoms with Crippen molar-refractivity contribution in [3.63, 3.8) is 0 Å². The maximum absolute atomic E-state index is 13.8. The molecule has 2 aromatic rings. The van der Waals surface area contributed by atoms with Gasteiger partial charge in [0.25, 0.3) is 0 Å². The summed E-state index contributed by atoms with van der Waals surface area (Å²) in [5.74, 6) is -3.58. The van der Waals surface area contributed by atoms with Gasteiger partial charge in [0.1, 0.15) is 17.4 Å². The summed E-state index contributed by atoms with van der Waals surface area (Å²) in [5, 5.41) is 33.6. The van der Waals surface area contributed by atoms with Gasteiger partial charge in [0.15, 0.2) is 12.1 Å². The highest BCUT2D eigenvalue weighted by Gasteiger charge is 2.53. The molecule has 5 rings (SSSR count). The lowest BCUT2D eigenvalue weighted by molar-refractivity contribution is -0.248. The lowest BCUT2D eigenvalue weighted by Crippen LogP contribution is -2.52. The summed E-state index contributed by atoms with van der Waals surface area (Å²) < 4.78 is 22.4. The molecule has 1 fully saturated rings. The number of hydrogen-bond donors (Lipinski definition) is 4. The van der Waals surface area contributed by atoms with Crippen LogP contribution in [0.1, 0.15) is 88.1 Å².